The van der Waals surface area contributed by atoms with Gasteiger partial charge in [0.2, 0.25) is 0 Å². The van der Waals surface area contributed by atoms with Crippen LogP contribution in [0.5, 0.6) is 0 Å². The largest absolute Gasteiger partial charge is 0.346 e. The number of amides is 1. The van der Waals surface area contributed by atoms with Gasteiger partial charge in [-0.2, -0.15) is 0 Å². The van der Waals surface area contributed by atoms with Gasteiger partial charge in [-0.1, -0.05) is 30.3 Å². The SMILES string of the molecule is O=C(NC(CCl)Cc1ccccc1)c1ncccc1Br. The maximum Gasteiger partial charge on any atom is 0.271 e. The van der Waals surface area contributed by atoms with Gasteiger partial charge in [-0.25, -0.2) is 4.98 Å². The number of benzene rings is 1. The van der Waals surface area contributed by atoms with Gasteiger partial charge in [0.1, 0.15) is 5.69 Å². The smallest absolute Gasteiger partial charge is 0.271 e. The monoisotopic (exact) mass is 352 g/mol. The molecule has 0 fully saturated rings. The minimum atomic E-state index is -0.223. The van der Waals surface area contributed by atoms with E-state index >= 15 is 0 Å². The number of pyridine rings is 1. The Bertz CT molecular complexity index is 577. The summed E-state index contributed by atoms with van der Waals surface area (Å²) in [4.78, 5) is 16.2. The maximum atomic E-state index is 12.2. The number of halogens is 2. The molecule has 0 aliphatic heterocycles. The summed E-state index contributed by atoms with van der Waals surface area (Å²) < 4.78 is 0.672. The molecule has 2 rings (SSSR count). The van der Waals surface area contributed by atoms with Crippen LogP contribution in [0.1, 0.15) is 16.1 Å². The molecule has 1 unspecified atom stereocenters. The predicted molar refractivity (Wildman–Crippen MR) is 84.1 cm³/mol. The molecule has 20 heavy (non-hydrogen) atoms. The molecule has 1 atom stereocenters. The zero-order valence-electron chi connectivity index (χ0n) is 10.7. The fourth-order valence-corrected chi connectivity index (χ4v) is 2.47. The van der Waals surface area contributed by atoms with Crippen molar-refractivity contribution in [1.29, 1.82) is 0 Å². The number of carbonyl (C=O) groups excluding carboxylic acids is 1. The van der Waals surface area contributed by atoms with E-state index in [1.54, 1.807) is 18.3 Å². The van der Waals surface area contributed by atoms with E-state index in [-0.39, 0.29) is 11.9 Å². The lowest BCUT2D eigenvalue weighted by atomic mass is 10.1. The summed E-state index contributed by atoms with van der Waals surface area (Å²) in [6.45, 7) is 0. The van der Waals surface area contributed by atoms with Crippen molar-refractivity contribution in [1.82, 2.24) is 10.3 Å². The number of nitrogens with one attached hydrogen (secondary N) is 1. The number of hydrogen-bond donors (Lipinski definition) is 1. The minimum Gasteiger partial charge on any atom is -0.346 e. The molecule has 1 aromatic heterocycles. The van der Waals surface area contributed by atoms with Crippen LogP contribution in [0.25, 0.3) is 0 Å². The lowest BCUT2D eigenvalue weighted by Crippen LogP contribution is -2.38. The van der Waals surface area contributed by atoms with Gasteiger partial charge in [0.15, 0.2) is 0 Å². The molecule has 3 nitrogen and oxygen atoms in total. The van der Waals surface area contributed by atoms with Crippen LogP contribution in [-0.4, -0.2) is 22.8 Å². The summed E-state index contributed by atoms with van der Waals surface area (Å²) in [5.74, 6) is 0.129. The van der Waals surface area contributed by atoms with Crippen molar-refractivity contribution in [3.8, 4) is 0 Å². The van der Waals surface area contributed by atoms with Gasteiger partial charge in [0, 0.05) is 22.6 Å². The summed E-state index contributed by atoms with van der Waals surface area (Å²) in [6.07, 6.45) is 2.28. The van der Waals surface area contributed by atoms with Crippen LogP contribution in [-0.2, 0) is 6.42 Å². The van der Waals surface area contributed by atoms with Crippen molar-refractivity contribution >= 4 is 33.4 Å². The fraction of sp³-hybridized carbons (Fsp3) is 0.200. The third kappa shape index (κ3) is 4.05. The number of aromatic nitrogens is 1. The van der Waals surface area contributed by atoms with E-state index in [0.29, 0.717) is 22.5 Å². The Kier molecular flexibility index (Phi) is 5.56. The lowest BCUT2D eigenvalue weighted by Gasteiger charge is -2.16. The van der Waals surface area contributed by atoms with Crippen molar-refractivity contribution in [3.05, 3.63) is 64.4 Å². The third-order valence-corrected chi connectivity index (χ3v) is 3.83. The minimum absolute atomic E-state index is 0.125. The molecule has 104 valence electrons. The average Bonchev–Trinajstić information content (AvgIpc) is 2.48. The Balaban J connectivity index is 2.03. The van der Waals surface area contributed by atoms with E-state index in [2.05, 4.69) is 26.2 Å². The molecular weight excluding hydrogens is 340 g/mol. The molecule has 0 radical (unpaired) electrons. The predicted octanol–water partition coefficient (Wildman–Crippen LogP) is 3.42. The Morgan fingerprint density at radius 3 is 2.65 bits per heavy atom. The van der Waals surface area contributed by atoms with E-state index in [9.17, 15) is 4.79 Å². The number of nitrogens with zero attached hydrogens (tertiary/aromatic N) is 1. The van der Waals surface area contributed by atoms with E-state index in [1.807, 2.05) is 30.3 Å². The highest BCUT2D eigenvalue weighted by Crippen LogP contribution is 2.13. The first-order chi connectivity index (χ1) is 9.70. The molecule has 0 aliphatic carbocycles. The average molecular weight is 354 g/mol. The molecule has 1 amide bonds. The van der Waals surface area contributed by atoms with Gasteiger partial charge >= 0.3 is 0 Å². The van der Waals surface area contributed by atoms with Crippen molar-refractivity contribution in [3.63, 3.8) is 0 Å². The Labute approximate surface area is 131 Å². The Morgan fingerprint density at radius 2 is 2.00 bits per heavy atom. The van der Waals surface area contributed by atoms with Crippen LogP contribution >= 0.6 is 27.5 Å². The molecule has 5 heteroatoms. The summed E-state index contributed by atoms with van der Waals surface area (Å²) in [7, 11) is 0. The number of carbonyl (C=O) groups is 1. The van der Waals surface area contributed by atoms with Crippen molar-refractivity contribution in [2.45, 2.75) is 12.5 Å². The zero-order chi connectivity index (χ0) is 14.4. The van der Waals surface area contributed by atoms with E-state index in [4.69, 9.17) is 11.6 Å². The second-order valence-electron chi connectivity index (χ2n) is 4.35. The number of rotatable bonds is 5. The number of alkyl halides is 1. The second-order valence-corrected chi connectivity index (χ2v) is 5.51. The van der Waals surface area contributed by atoms with E-state index < -0.39 is 0 Å². The summed E-state index contributed by atoms with van der Waals surface area (Å²) in [6, 6.07) is 13.4. The highest BCUT2D eigenvalue weighted by Gasteiger charge is 2.16. The molecule has 1 N–H and O–H groups in total. The van der Waals surface area contributed by atoms with Gasteiger partial charge in [-0.15, -0.1) is 11.6 Å². The molecule has 2 aromatic rings. The summed E-state index contributed by atoms with van der Waals surface area (Å²) >= 11 is 9.26. The van der Waals surface area contributed by atoms with E-state index in [1.165, 1.54) is 0 Å². The van der Waals surface area contributed by atoms with Crippen molar-refractivity contribution < 1.29 is 4.79 Å². The van der Waals surface area contributed by atoms with Crippen LogP contribution in [0.15, 0.2) is 53.1 Å². The van der Waals surface area contributed by atoms with Gasteiger partial charge in [-0.05, 0) is 40.0 Å². The Hall–Kier alpha value is -1.39. The zero-order valence-corrected chi connectivity index (χ0v) is 13.1. The van der Waals surface area contributed by atoms with Gasteiger partial charge in [0.05, 0.1) is 0 Å². The van der Waals surface area contributed by atoms with Crippen LogP contribution in [0.2, 0.25) is 0 Å². The summed E-state index contributed by atoms with van der Waals surface area (Å²) in [5.41, 5.74) is 1.51. The quantitative estimate of drug-likeness (QED) is 0.837. The fourth-order valence-electron chi connectivity index (χ4n) is 1.85. The Morgan fingerprint density at radius 1 is 1.25 bits per heavy atom. The highest BCUT2D eigenvalue weighted by molar-refractivity contribution is 9.10. The van der Waals surface area contributed by atoms with Crippen LogP contribution in [0.3, 0.4) is 0 Å². The highest BCUT2D eigenvalue weighted by atomic mass is 79.9. The number of hydrogen-bond acceptors (Lipinski definition) is 2. The normalized spacial score (nSPS) is 11.9. The molecule has 0 bridgehead atoms. The first-order valence-electron chi connectivity index (χ1n) is 6.22. The molecule has 0 saturated heterocycles. The molecular formula is C15H14BrClN2O. The van der Waals surface area contributed by atoms with Gasteiger partial charge < -0.3 is 5.32 Å². The van der Waals surface area contributed by atoms with Crippen molar-refractivity contribution in [2.75, 3.05) is 5.88 Å². The van der Waals surface area contributed by atoms with E-state index in [0.717, 1.165) is 5.56 Å². The first-order valence-corrected chi connectivity index (χ1v) is 7.54. The third-order valence-electron chi connectivity index (χ3n) is 2.82. The van der Waals surface area contributed by atoms with Crippen LogP contribution < -0.4 is 5.32 Å². The summed E-state index contributed by atoms with van der Waals surface area (Å²) in [5, 5.41) is 2.91. The lowest BCUT2D eigenvalue weighted by molar-refractivity contribution is 0.0934. The van der Waals surface area contributed by atoms with Gasteiger partial charge in [-0.3, -0.25) is 4.79 Å². The molecule has 0 aliphatic rings. The molecule has 1 aromatic carbocycles. The van der Waals surface area contributed by atoms with Gasteiger partial charge in [0.25, 0.3) is 5.91 Å². The molecule has 1 heterocycles. The van der Waals surface area contributed by atoms with Crippen LogP contribution in [0.4, 0.5) is 0 Å². The standard InChI is InChI=1S/C15H14BrClN2O/c16-13-7-4-8-18-14(13)15(20)19-12(10-17)9-11-5-2-1-3-6-11/h1-8,12H,9-10H2,(H,19,20). The topological polar surface area (TPSA) is 42.0 Å². The van der Waals surface area contributed by atoms with Crippen LogP contribution in [0, 0.1) is 0 Å². The first kappa shape index (κ1) is 15.0. The second kappa shape index (κ2) is 7.41. The molecule has 0 saturated carbocycles. The molecule has 0 spiro atoms. The maximum absolute atomic E-state index is 12.2. The van der Waals surface area contributed by atoms with Crippen molar-refractivity contribution in [2.24, 2.45) is 0 Å².